The molecular formula is C4H10AsO2. The molecular weight excluding hydrogens is 155 g/mol. The predicted octanol–water partition coefficient (Wildman–Crippen LogP) is -0.488. The predicted molar refractivity (Wildman–Crippen MR) is 29.5 cm³/mol. The Morgan fingerprint density at radius 3 is 1.71 bits per heavy atom. The van der Waals surface area contributed by atoms with Crippen molar-refractivity contribution in [1.29, 1.82) is 0 Å². The van der Waals surface area contributed by atoms with Crippen LogP contribution in [0.5, 0.6) is 0 Å². The van der Waals surface area contributed by atoms with Gasteiger partial charge in [-0.15, -0.1) is 0 Å². The number of aliphatic hydroxyl groups excluding tert-OH is 2. The SMILES string of the molecule is OCC[As]CCO. The molecule has 7 heavy (non-hydrogen) atoms. The Kier molecular flexibility index (Phi) is 6.92. The van der Waals surface area contributed by atoms with E-state index in [-0.39, 0.29) is 15.8 Å². The Hall–Kier alpha value is 0.478. The second-order valence-electron chi connectivity index (χ2n) is 1.12. The van der Waals surface area contributed by atoms with Crippen LogP contribution in [0.25, 0.3) is 0 Å². The maximum absolute atomic E-state index is 8.23. The van der Waals surface area contributed by atoms with Crippen LogP contribution >= 0.6 is 0 Å². The van der Waals surface area contributed by atoms with Crippen molar-refractivity contribution in [2.24, 2.45) is 0 Å². The fourth-order valence-electron chi connectivity index (χ4n) is 0.253. The summed E-state index contributed by atoms with van der Waals surface area (Å²) in [5.41, 5.74) is 0. The first-order chi connectivity index (χ1) is 3.41. The van der Waals surface area contributed by atoms with E-state index in [1.165, 1.54) is 0 Å². The molecule has 0 aliphatic carbocycles. The monoisotopic (exact) mass is 165 g/mol. The van der Waals surface area contributed by atoms with Crippen molar-refractivity contribution in [3.8, 4) is 0 Å². The zero-order valence-electron chi connectivity index (χ0n) is 4.17. The van der Waals surface area contributed by atoms with Gasteiger partial charge in [-0.3, -0.25) is 0 Å². The van der Waals surface area contributed by atoms with Crippen molar-refractivity contribution in [2.45, 2.75) is 10.4 Å². The number of hydrogen-bond donors (Lipinski definition) is 2. The normalized spacial score (nSPS) is 9.43. The van der Waals surface area contributed by atoms with E-state index in [2.05, 4.69) is 0 Å². The second kappa shape index (κ2) is 6.48. The van der Waals surface area contributed by atoms with E-state index in [4.69, 9.17) is 10.2 Å². The van der Waals surface area contributed by atoms with Crippen LogP contribution in [0.2, 0.25) is 10.4 Å². The van der Waals surface area contributed by atoms with Gasteiger partial charge in [-0.2, -0.15) is 0 Å². The summed E-state index contributed by atoms with van der Waals surface area (Å²) in [5.74, 6) is 0. The van der Waals surface area contributed by atoms with Gasteiger partial charge >= 0.3 is 49.6 Å². The van der Waals surface area contributed by atoms with E-state index in [1.807, 2.05) is 0 Å². The summed E-state index contributed by atoms with van der Waals surface area (Å²) in [4.78, 5) is 0. The van der Waals surface area contributed by atoms with Gasteiger partial charge in [0.05, 0.1) is 0 Å². The zero-order chi connectivity index (χ0) is 5.54. The Bertz CT molecular complexity index is 28.9. The molecule has 0 aromatic rings. The molecule has 0 aliphatic heterocycles. The van der Waals surface area contributed by atoms with Crippen molar-refractivity contribution in [3.05, 3.63) is 0 Å². The minimum absolute atomic E-state index is 0.245. The molecule has 0 aromatic carbocycles. The molecule has 0 fully saturated rings. The summed E-state index contributed by atoms with van der Waals surface area (Å²) in [5, 5.41) is 18.3. The molecule has 0 bridgehead atoms. The van der Waals surface area contributed by atoms with Gasteiger partial charge in [0.2, 0.25) is 0 Å². The van der Waals surface area contributed by atoms with Gasteiger partial charge < -0.3 is 0 Å². The van der Waals surface area contributed by atoms with Crippen LogP contribution in [-0.4, -0.2) is 39.2 Å². The molecule has 0 aromatic heterocycles. The molecule has 3 heteroatoms. The molecule has 0 atom stereocenters. The molecule has 0 spiro atoms. The average molecular weight is 165 g/mol. The molecule has 0 unspecified atom stereocenters. The zero-order valence-corrected chi connectivity index (χ0v) is 6.05. The van der Waals surface area contributed by atoms with Crippen LogP contribution in [0.15, 0.2) is 0 Å². The van der Waals surface area contributed by atoms with Gasteiger partial charge in [0.15, 0.2) is 0 Å². The molecule has 43 valence electrons. The summed E-state index contributed by atoms with van der Waals surface area (Å²) in [7, 11) is 0. The van der Waals surface area contributed by atoms with Crippen molar-refractivity contribution in [1.82, 2.24) is 0 Å². The van der Waals surface area contributed by atoms with Crippen molar-refractivity contribution in [2.75, 3.05) is 13.2 Å². The maximum atomic E-state index is 8.23. The Morgan fingerprint density at radius 2 is 1.43 bits per heavy atom. The third-order valence-corrected chi connectivity index (χ3v) is 2.68. The fourth-order valence-corrected chi connectivity index (χ4v) is 1.32. The van der Waals surface area contributed by atoms with Crippen molar-refractivity contribution in [3.63, 3.8) is 0 Å². The first-order valence-electron chi connectivity index (χ1n) is 2.26. The second-order valence-corrected chi connectivity index (χ2v) is 3.93. The van der Waals surface area contributed by atoms with Crippen molar-refractivity contribution < 1.29 is 10.2 Å². The molecule has 0 rings (SSSR count). The van der Waals surface area contributed by atoms with E-state index < -0.39 is 0 Å². The first-order valence-corrected chi connectivity index (χ1v) is 4.92. The fraction of sp³-hybridized carbons (Fsp3) is 1.00. The van der Waals surface area contributed by atoms with Gasteiger partial charge in [-0.05, 0) is 0 Å². The quantitative estimate of drug-likeness (QED) is 0.436. The van der Waals surface area contributed by atoms with Crippen LogP contribution in [-0.2, 0) is 0 Å². The van der Waals surface area contributed by atoms with Gasteiger partial charge in [0.1, 0.15) is 0 Å². The Morgan fingerprint density at radius 1 is 1.00 bits per heavy atom. The summed E-state index contributed by atoms with van der Waals surface area (Å²) in [6.45, 7) is 0.583. The summed E-state index contributed by atoms with van der Waals surface area (Å²) in [6.07, 6.45) is 0. The van der Waals surface area contributed by atoms with Crippen LogP contribution < -0.4 is 0 Å². The third-order valence-electron chi connectivity index (χ3n) is 0.516. The van der Waals surface area contributed by atoms with Crippen LogP contribution in [0.1, 0.15) is 0 Å². The van der Waals surface area contributed by atoms with Crippen LogP contribution in [0, 0.1) is 0 Å². The molecule has 2 N–H and O–H groups in total. The van der Waals surface area contributed by atoms with E-state index in [9.17, 15) is 0 Å². The molecule has 0 heterocycles. The van der Waals surface area contributed by atoms with Crippen LogP contribution in [0.3, 0.4) is 0 Å². The topological polar surface area (TPSA) is 40.5 Å². The standard InChI is InChI=1S/C4H10AsO2/c6-3-1-5-2-4-7/h6-7H,1-4H2. The molecule has 0 saturated carbocycles. The van der Waals surface area contributed by atoms with E-state index in [1.54, 1.807) is 0 Å². The van der Waals surface area contributed by atoms with Gasteiger partial charge in [-0.1, -0.05) is 0 Å². The molecule has 1 radical (unpaired) electrons. The molecule has 0 amide bonds. The Balaban J connectivity index is 2.45. The van der Waals surface area contributed by atoms with Gasteiger partial charge in [0.25, 0.3) is 0 Å². The molecule has 0 aliphatic rings. The number of aliphatic hydroxyl groups is 2. The van der Waals surface area contributed by atoms with E-state index in [0.29, 0.717) is 13.2 Å². The molecule has 0 saturated heterocycles. The van der Waals surface area contributed by atoms with E-state index >= 15 is 0 Å². The average Bonchev–Trinajstić information content (AvgIpc) is 1.69. The summed E-state index contributed by atoms with van der Waals surface area (Å²) >= 11 is 0.245. The summed E-state index contributed by atoms with van der Waals surface area (Å²) < 4.78 is 0. The van der Waals surface area contributed by atoms with Gasteiger partial charge in [-0.25, -0.2) is 0 Å². The van der Waals surface area contributed by atoms with E-state index in [0.717, 1.165) is 10.4 Å². The van der Waals surface area contributed by atoms with Gasteiger partial charge in [0, 0.05) is 0 Å². The number of rotatable bonds is 4. The minimum atomic E-state index is 0.245. The third kappa shape index (κ3) is 6.48. The number of hydrogen-bond acceptors (Lipinski definition) is 2. The first kappa shape index (κ1) is 7.48. The van der Waals surface area contributed by atoms with Crippen LogP contribution in [0.4, 0.5) is 0 Å². The Labute approximate surface area is 50.2 Å². The van der Waals surface area contributed by atoms with Crippen molar-refractivity contribution >= 4 is 15.8 Å². The summed E-state index contributed by atoms with van der Waals surface area (Å²) in [6, 6.07) is 0. The molecule has 2 nitrogen and oxygen atoms in total.